The molecule has 0 aliphatic rings. The first-order valence-electron chi connectivity index (χ1n) is 7.14. The normalized spacial score (nSPS) is 10.2. The Bertz CT molecular complexity index is 803. The van der Waals surface area contributed by atoms with Gasteiger partial charge >= 0.3 is 0 Å². The molecule has 0 bridgehead atoms. The molecule has 3 rings (SSSR count). The van der Waals surface area contributed by atoms with Crippen molar-refractivity contribution < 1.29 is 14.3 Å². The van der Waals surface area contributed by atoms with E-state index < -0.39 is 0 Å². The van der Waals surface area contributed by atoms with Crippen molar-refractivity contribution in [2.45, 2.75) is 0 Å². The number of para-hydroxylation sites is 2. The molecule has 2 aromatic heterocycles. The standard InChI is InChI=1S/C16H15N5O3/c1-23-13-5-2-3-6-14(13)24-11-15(22)20-12-9-17-16(18-10-12)21-8-4-7-19-21/h2-10H,11H2,1H3,(H,20,22). The van der Waals surface area contributed by atoms with E-state index in [0.717, 1.165) is 0 Å². The summed E-state index contributed by atoms with van der Waals surface area (Å²) in [7, 11) is 1.54. The van der Waals surface area contributed by atoms with Crippen LogP contribution in [0, 0.1) is 0 Å². The molecule has 0 saturated heterocycles. The third-order valence-electron chi connectivity index (χ3n) is 3.06. The quantitative estimate of drug-likeness (QED) is 0.741. The molecule has 0 radical (unpaired) electrons. The number of amides is 1. The highest BCUT2D eigenvalue weighted by Crippen LogP contribution is 2.25. The lowest BCUT2D eigenvalue weighted by molar-refractivity contribution is -0.118. The predicted molar refractivity (Wildman–Crippen MR) is 86.3 cm³/mol. The molecule has 122 valence electrons. The number of rotatable bonds is 6. The molecule has 8 nitrogen and oxygen atoms in total. The lowest BCUT2D eigenvalue weighted by Crippen LogP contribution is -2.20. The minimum absolute atomic E-state index is 0.152. The van der Waals surface area contributed by atoms with E-state index >= 15 is 0 Å². The fourth-order valence-corrected chi connectivity index (χ4v) is 1.97. The molecule has 0 atom stereocenters. The molecule has 0 fully saturated rings. The third kappa shape index (κ3) is 3.67. The molecule has 1 aromatic carbocycles. The average Bonchev–Trinajstić information content (AvgIpc) is 3.15. The lowest BCUT2D eigenvalue weighted by atomic mass is 10.3. The van der Waals surface area contributed by atoms with Crippen LogP contribution in [-0.2, 0) is 4.79 Å². The zero-order valence-electron chi connectivity index (χ0n) is 12.9. The van der Waals surface area contributed by atoms with Crippen LogP contribution in [0.4, 0.5) is 5.69 Å². The summed E-state index contributed by atoms with van der Waals surface area (Å²) in [6.45, 7) is -0.152. The van der Waals surface area contributed by atoms with E-state index in [2.05, 4.69) is 20.4 Å². The number of anilines is 1. The fourth-order valence-electron chi connectivity index (χ4n) is 1.97. The summed E-state index contributed by atoms with van der Waals surface area (Å²) in [5, 5.41) is 6.69. The summed E-state index contributed by atoms with van der Waals surface area (Å²) < 4.78 is 12.1. The van der Waals surface area contributed by atoms with Crippen LogP contribution in [0.25, 0.3) is 5.95 Å². The van der Waals surface area contributed by atoms with Gasteiger partial charge in [-0.1, -0.05) is 12.1 Å². The zero-order valence-corrected chi connectivity index (χ0v) is 12.9. The number of hydrogen-bond acceptors (Lipinski definition) is 6. The number of nitrogens with one attached hydrogen (secondary N) is 1. The van der Waals surface area contributed by atoms with Gasteiger partial charge in [-0.2, -0.15) is 5.10 Å². The fraction of sp³-hybridized carbons (Fsp3) is 0.125. The summed E-state index contributed by atoms with van der Waals surface area (Å²) in [5.41, 5.74) is 0.472. The van der Waals surface area contributed by atoms with Crippen molar-refractivity contribution >= 4 is 11.6 Å². The highest BCUT2D eigenvalue weighted by atomic mass is 16.5. The Morgan fingerprint density at radius 1 is 1.17 bits per heavy atom. The van der Waals surface area contributed by atoms with Crippen LogP contribution >= 0.6 is 0 Å². The van der Waals surface area contributed by atoms with Crippen LogP contribution in [0.1, 0.15) is 0 Å². The average molecular weight is 325 g/mol. The van der Waals surface area contributed by atoms with Gasteiger partial charge in [0.25, 0.3) is 11.9 Å². The van der Waals surface area contributed by atoms with E-state index in [1.807, 2.05) is 6.07 Å². The van der Waals surface area contributed by atoms with Crippen molar-refractivity contribution in [1.82, 2.24) is 19.7 Å². The molecule has 2 heterocycles. The maximum Gasteiger partial charge on any atom is 0.262 e. The molecule has 0 saturated carbocycles. The van der Waals surface area contributed by atoms with Crippen molar-refractivity contribution in [2.24, 2.45) is 0 Å². The Hall–Kier alpha value is -3.42. The van der Waals surface area contributed by atoms with E-state index in [0.29, 0.717) is 23.1 Å². The van der Waals surface area contributed by atoms with Gasteiger partial charge in [-0.05, 0) is 18.2 Å². The van der Waals surface area contributed by atoms with Gasteiger partial charge < -0.3 is 14.8 Å². The Kier molecular flexibility index (Phi) is 4.66. The molecule has 0 aliphatic heterocycles. The van der Waals surface area contributed by atoms with E-state index in [-0.39, 0.29) is 12.5 Å². The Labute approximate surface area is 138 Å². The van der Waals surface area contributed by atoms with Gasteiger partial charge in [0.05, 0.1) is 25.2 Å². The smallest absolute Gasteiger partial charge is 0.262 e. The highest BCUT2D eigenvalue weighted by Gasteiger charge is 2.08. The van der Waals surface area contributed by atoms with Crippen LogP contribution in [0.2, 0.25) is 0 Å². The molecule has 1 N–H and O–H groups in total. The highest BCUT2D eigenvalue weighted by molar-refractivity contribution is 5.91. The number of nitrogens with zero attached hydrogens (tertiary/aromatic N) is 4. The first kappa shape index (κ1) is 15.5. The Morgan fingerprint density at radius 2 is 1.92 bits per heavy atom. The third-order valence-corrected chi connectivity index (χ3v) is 3.06. The van der Waals surface area contributed by atoms with Gasteiger partial charge in [-0.25, -0.2) is 14.6 Å². The van der Waals surface area contributed by atoms with Crippen molar-refractivity contribution in [2.75, 3.05) is 19.0 Å². The van der Waals surface area contributed by atoms with E-state index in [9.17, 15) is 4.79 Å². The van der Waals surface area contributed by atoms with Crippen LogP contribution in [0.15, 0.2) is 55.1 Å². The molecule has 3 aromatic rings. The molecule has 0 spiro atoms. The van der Waals surface area contributed by atoms with Crippen molar-refractivity contribution in [3.63, 3.8) is 0 Å². The number of aromatic nitrogens is 4. The maximum atomic E-state index is 11.9. The van der Waals surface area contributed by atoms with Crippen LogP contribution in [0.5, 0.6) is 11.5 Å². The van der Waals surface area contributed by atoms with Crippen LogP contribution < -0.4 is 14.8 Å². The van der Waals surface area contributed by atoms with Crippen molar-refractivity contribution in [3.05, 3.63) is 55.1 Å². The van der Waals surface area contributed by atoms with E-state index in [1.54, 1.807) is 43.8 Å². The molecule has 1 amide bonds. The Balaban J connectivity index is 1.57. The Morgan fingerprint density at radius 3 is 2.58 bits per heavy atom. The lowest BCUT2D eigenvalue weighted by Gasteiger charge is -2.10. The summed E-state index contributed by atoms with van der Waals surface area (Å²) in [4.78, 5) is 20.2. The summed E-state index contributed by atoms with van der Waals surface area (Å²) >= 11 is 0. The predicted octanol–water partition coefficient (Wildman–Crippen LogP) is 1.69. The van der Waals surface area contributed by atoms with Gasteiger partial charge in [-0.15, -0.1) is 0 Å². The molecule has 8 heteroatoms. The van der Waals surface area contributed by atoms with E-state index in [1.165, 1.54) is 17.1 Å². The molecule has 0 unspecified atom stereocenters. The summed E-state index contributed by atoms with van der Waals surface area (Å²) in [6, 6.07) is 8.89. The van der Waals surface area contributed by atoms with Crippen molar-refractivity contribution in [3.8, 4) is 17.4 Å². The molecule has 24 heavy (non-hydrogen) atoms. The van der Waals surface area contributed by atoms with Gasteiger partial charge in [0, 0.05) is 12.4 Å². The second-order valence-electron chi connectivity index (χ2n) is 4.71. The largest absolute Gasteiger partial charge is 0.493 e. The maximum absolute atomic E-state index is 11.9. The van der Waals surface area contributed by atoms with Crippen LogP contribution in [0.3, 0.4) is 0 Å². The van der Waals surface area contributed by atoms with E-state index in [4.69, 9.17) is 9.47 Å². The second kappa shape index (κ2) is 7.23. The van der Waals surface area contributed by atoms with Gasteiger partial charge in [-0.3, -0.25) is 4.79 Å². The first-order chi connectivity index (χ1) is 11.8. The number of hydrogen-bond donors (Lipinski definition) is 1. The number of benzene rings is 1. The number of carbonyl (C=O) groups excluding carboxylic acids is 1. The minimum Gasteiger partial charge on any atom is -0.493 e. The van der Waals surface area contributed by atoms with Gasteiger partial charge in [0.1, 0.15) is 0 Å². The zero-order chi connectivity index (χ0) is 16.8. The van der Waals surface area contributed by atoms with Gasteiger partial charge in [0.2, 0.25) is 0 Å². The molecular weight excluding hydrogens is 310 g/mol. The first-order valence-corrected chi connectivity index (χ1v) is 7.14. The summed E-state index contributed by atoms with van der Waals surface area (Å²) in [6.07, 6.45) is 6.37. The van der Waals surface area contributed by atoms with Crippen molar-refractivity contribution in [1.29, 1.82) is 0 Å². The number of carbonyl (C=O) groups is 1. The monoisotopic (exact) mass is 325 g/mol. The SMILES string of the molecule is COc1ccccc1OCC(=O)Nc1cnc(-n2cccn2)nc1. The number of methoxy groups -OCH3 is 1. The number of ether oxygens (including phenoxy) is 2. The molecule has 0 aliphatic carbocycles. The minimum atomic E-state index is -0.323. The second-order valence-corrected chi connectivity index (χ2v) is 4.71. The molecular formula is C16H15N5O3. The topological polar surface area (TPSA) is 91.2 Å². The van der Waals surface area contributed by atoms with Gasteiger partial charge in [0.15, 0.2) is 18.1 Å². The van der Waals surface area contributed by atoms with Crippen LogP contribution in [-0.4, -0.2) is 39.4 Å². The summed E-state index contributed by atoms with van der Waals surface area (Å²) in [5.74, 6) is 1.16.